The molecule has 15 heavy (non-hydrogen) atoms. The number of hydrogen-bond donors (Lipinski definition) is 1. The van der Waals surface area contributed by atoms with Crippen molar-refractivity contribution < 1.29 is 9.53 Å². The van der Waals surface area contributed by atoms with E-state index < -0.39 is 5.97 Å². The van der Waals surface area contributed by atoms with Gasteiger partial charge in [-0.15, -0.1) is 0 Å². The average Bonchev–Trinajstić information content (AvgIpc) is 2.11. The van der Waals surface area contributed by atoms with Crippen molar-refractivity contribution in [2.45, 2.75) is 20.0 Å². The summed E-state index contributed by atoms with van der Waals surface area (Å²) >= 11 is 11.6. The maximum Gasteiger partial charge on any atom is 0.342 e. The van der Waals surface area contributed by atoms with Crippen LogP contribution in [0.5, 0.6) is 0 Å². The molecule has 0 saturated heterocycles. The van der Waals surface area contributed by atoms with Crippen molar-refractivity contribution in [3.8, 4) is 0 Å². The fraction of sp³-hybridized carbons (Fsp3) is 0.300. The zero-order chi connectivity index (χ0) is 11.6. The van der Waals surface area contributed by atoms with Crippen molar-refractivity contribution in [1.29, 1.82) is 0 Å². The molecule has 0 aliphatic carbocycles. The predicted octanol–water partition coefficient (Wildman–Crippen LogP) is 3.14. The third-order valence-electron chi connectivity index (χ3n) is 1.69. The Kier molecular flexibility index (Phi) is 3.83. The Hall–Kier alpha value is -0.930. The number of carbonyl (C=O) groups is 1. The van der Waals surface area contributed by atoms with E-state index in [1.165, 1.54) is 12.1 Å². The van der Waals surface area contributed by atoms with E-state index >= 15 is 0 Å². The number of esters is 1. The first-order valence-electron chi connectivity index (χ1n) is 4.38. The minimum atomic E-state index is -0.560. The summed E-state index contributed by atoms with van der Waals surface area (Å²) in [5, 5.41) is 0.526. The highest BCUT2D eigenvalue weighted by Crippen LogP contribution is 2.29. The number of nitrogens with two attached hydrogens (primary N) is 1. The Morgan fingerprint density at radius 1 is 1.33 bits per heavy atom. The van der Waals surface area contributed by atoms with Crippen LogP contribution in [0.2, 0.25) is 10.0 Å². The van der Waals surface area contributed by atoms with Crippen LogP contribution < -0.4 is 5.73 Å². The molecular formula is C10H11Cl2NO2. The van der Waals surface area contributed by atoms with E-state index in [0.29, 0.717) is 0 Å². The van der Waals surface area contributed by atoms with Crippen LogP contribution in [0, 0.1) is 0 Å². The summed E-state index contributed by atoms with van der Waals surface area (Å²) in [6.45, 7) is 3.49. The molecule has 0 bridgehead atoms. The second kappa shape index (κ2) is 4.73. The number of rotatable bonds is 2. The molecule has 0 aromatic heterocycles. The lowest BCUT2D eigenvalue weighted by Gasteiger charge is -2.11. The Balaban J connectivity index is 3.13. The molecule has 0 aliphatic heterocycles. The van der Waals surface area contributed by atoms with E-state index in [2.05, 4.69) is 0 Å². The molecule has 1 aromatic rings. The summed E-state index contributed by atoms with van der Waals surface area (Å²) in [4.78, 5) is 11.6. The number of benzene rings is 1. The van der Waals surface area contributed by atoms with Gasteiger partial charge < -0.3 is 10.5 Å². The lowest BCUT2D eigenvalue weighted by atomic mass is 10.2. The molecular weight excluding hydrogens is 237 g/mol. The molecule has 0 amide bonds. The molecule has 0 atom stereocenters. The molecule has 82 valence electrons. The molecule has 2 N–H and O–H groups in total. The average molecular weight is 248 g/mol. The van der Waals surface area contributed by atoms with Gasteiger partial charge in [-0.25, -0.2) is 4.79 Å². The second-order valence-electron chi connectivity index (χ2n) is 3.27. The van der Waals surface area contributed by atoms with E-state index in [-0.39, 0.29) is 27.4 Å². The fourth-order valence-corrected chi connectivity index (χ4v) is 1.45. The number of ether oxygens (including phenoxy) is 1. The lowest BCUT2D eigenvalue weighted by Crippen LogP contribution is -2.14. The number of hydrogen-bond acceptors (Lipinski definition) is 3. The largest absolute Gasteiger partial charge is 0.459 e. The minimum absolute atomic E-state index is 0.123. The fourth-order valence-electron chi connectivity index (χ4n) is 1.05. The zero-order valence-corrected chi connectivity index (χ0v) is 9.89. The molecule has 0 unspecified atom stereocenters. The van der Waals surface area contributed by atoms with E-state index in [1.54, 1.807) is 13.8 Å². The van der Waals surface area contributed by atoms with Crippen molar-refractivity contribution >= 4 is 34.9 Å². The summed E-state index contributed by atoms with van der Waals surface area (Å²) in [5.74, 6) is -0.560. The Morgan fingerprint density at radius 3 is 2.40 bits per heavy atom. The smallest absolute Gasteiger partial charge is 0.342 e. The van der Waals surface area contributed by atoms with Gasteiger partial charge in [0, 0.05) is 0 Å². The van der Waals surface area contributed by atoms with E-state index in [1.807, 2.05) is 0 Å². The Morgan fingerprint density at radius 2 is 1.87 bits per heavy atom. The monoisotopic (exact) mass is 247 g/mol. The van der Waals surface area contributed by atoms with E-state index in [0.717, 1.165) is 0 Å². The third-order valence-corrected chi connectivity index (χ3v) is 2.33. The van der Waals surface area contributed by atoms with Crippen molar-refractivity contribution in [2.24, 2.45) is 0 Å². The number of nitrogen functional groups attached to an aromatic ring is 1. The number of carbonyl (C=O) groups excluding carboxylic acids is 1. The maximum atomic E-state index is 11.6. The standard InChI is InChI=1S/C10H11Cl2NO2/c1-5(2)15-10(14)8-6(11)3-4-7(12)9(8)13/h3-5H,13H2,1-2H3. The molecule has 1 rings (SSSR count). The highest BCUT2D eigenvalue weighted by atomic mass is 35.5. The molecule has 0 spiro atoms. The van der Waals surface area contributed by atoms with Crippen LogP contribution in [0.4, 0.5) is 5.69 Å². The van der Waals surface area contributed by atoms with E-state index in [9.17, 15) is 4.79 Å². The first kappa shape index (κ1) is 12.1. The molecule has 3 nitrogen and oxygen atoms in total. The van der Waals surface area contributed by atoms with Crippen molar-refractivity contribution in [3.63, 3.8) is 0 Å². The van der Waals surface area contributed by atoms with Crippen molar-refractivity contribution in [3.05, 3.63) is 27.7 Å². The molecule has 0 radical (unpaired) electrons. The van der Waals surface area contributed by atoms with Crippen LogP contribution in [0.25, 0.3) is 0 Å². The molecule has 0 aliphatic rings. The zero-order valence-electron chi connectivity index (χ0n) is 8.38. The van der Waals surface area contributed by atoms with Crippen LogP contribution in [0.15, 0.2) is 12.1 Å². The van der Waals surface area contributed by atoms with Gasteiger partial charge in [0.15, 0.2) is 0 Å². The molecule has 0 heterocycles. The van der Waals surface area contributed by atoms with Gasteiger partial charge in [0.25, 0.3) is 0 Å². The topological polar surface area (TPSA) is 52.3 Å². The van der Waals surface area contributed by atoms with E-state index in [4.69, 9.17) is 33.7 Å². The van der Waals surface area contributed by atoms with Crippen LogP contribution in [0.3, 0.4) is 0 Å². The maximum absolute atomic E-state index is 11.6. The van der Waals surface area contributed by atoms with Gasteiger partial charge in [0.1, 0.15) is 5.56 Å². The minimum Gasteiger partial charge on any atom is -0.459 e. The highest BCUT2D eigenvalue weighted by Gasteiger charge is 2.18. The normalized spacial score (nSPS) is 10.5. The summed E-state index contributed by atoms with van der Waals surface area (Å²) in [7, 11) is 0. The van der Waals surface area contributed by atoms with Gasteiger partial charge in [0.05, 0.1) is 21.8 Å². The number of halogens is 2. The van der Waals surface area contributed by atoms with Crippen LogP contribution in [-0.2, 0) is 4.74 Å². The predicted molar refractivity (Wildman–Crippen MR) is 61.4 cm³/mol. The first-order valence-corrected chi connectivity index (χ1v) is 5.13. The SMILES string of the molecule is CC(C)OC(=O)c1c(Cl)ccc(Cl)c1N. The van der Waals surface area contributed by atoms with Gasteiger partial charge in [0.2, 0.25) is 0 Å². The Labute approximate surface area is 98.1 Å². The summed E-state index contributed by atoms with van der Waals surface area (Å²) < 4.78 is 4.99. The van der Waals surface area contributed by atoms with Gasteiger partial charge in [-0.05, 0) is 26.0 Å². The van der Waals surface area contributed by atoms with Gasteiger partial charge in [-0.1, -0.05) is 23.2 Å². The van der Waals surface area contributed by atoms with Gasteiger partial charge >= 0.3 is 5.97 Å². The van der Waals surface area contributed by atoms with Gasteiger partial charge in [-0.2, -0.15) is 0 Å². The molecule has 5 heteroatoms. The summed E-state index contributed by atoms with van der Waals surface area (Å²) in [6.07, 6.45) is -0.230. The molecule has 1 aromatic carbocycles. The van der Waals surface area contributed by atoms with Crippen molar-refractivity contribution in [1.82, 2.24) is 0 Å². The molecule has 0 saturated carbocycles. The lowest BCUT2D eigenvalue weighted by molar-refractivity contribution is 0.0379. The summed E-state index contributed by atoms with van der Waals surface area (Å²) in [6, 6.07) is 3.04. The van der Waals surface area contributed by atoms with Crippen LogP contribution in [0.1, 0.15) is 24.2 Å². The first-order chi connectivity index (χ1) is 6.93. The quantitative estimate of drug-likeness (QED) is 0.646. The van der Waals surface area contributed by atoms with Gasteiger partial charge in [-0.3, -0.25) is 0 Å². The van der Waals surface area contributed by atoms with Crippen LogP contribution >= 0.6 is 23.2 Å². The second-order valence-corrected chi connectivity index (χ2v) is 4.09. The third kappa shape index (κ3) is 2.76. The number of anilines is 1. The molecule has 0 fully saturated rings. The van der Waals surface area contributed by atoms with Crippen molar-refractivity contribution in [2.75, 3.05) is 5.73 Å². The highest BCUT2D eigenvalue weighted by molar-refractivity contribution is 6.38. The Bertz CT molecular complexity index is 391. The summed E-state index contributed by atoms with van der Waals surface area (Å²) in [5.41, 5.74) is 5.91. The van der Waals surface area contributed by atoms with Crippen LogP contribution in [-0.4, -0.2) is 12.1 Å².